The third-order valence-electron chi connectivity index (χ3n) is 4.17. The molecule has 4 heteroatoms. The average molecular weight is 275 g/mol. The molecule has 2 atom stereocenters. The molecule has 1 fully saturated rings. The van der Waals surface area contributed by atoms with Crippen molar-refractivity contribution in [2.24, 2.45) is 5.41 Å². The molecule has 0 saturated heterocycles. The second-order valence-corrected chi connectivity index (χ2v) is 5.35. The Morgan fingerprint density at radius 1 is 1.33 bits per heavy atom. The first kappa shape index (κ1) is 13.6. The smallest absolute Gasteiger partial charge is 0.167 e. The van der Waals surface area contributed by atoms with Crippen molar-refractivity contribution in [3.05, 3.63) is 29.8 Å². The molecule has 1 nitrogen and oxygen atoms in total. The fraction of sp³-hybridized carbons (Fsp3) is 0.571. The van der Waals surface area contributed by atoms with Gasteiger partial charge in [-0.05, 0) is 25.0 Å². The van der Waals surface area contributed by atoms with E-state index in [0.29, 0.717) is 6.42 Å². The Morgan fingerprint density at radius 2 is 2.00 bits per heavy atom. The summed E-state index contributed by atoms with van der Waals surface area (Å²) in [6.07, 6.45) is 2.41. The Bertz CT molecular complexity index is 432. The van der Waals surface area contributed by atoms with Crippen LogP contribution in [0.3, 0.4) is 0 Å². The summed E-state index contributed by atoms with van der Waals surface area (Å²) < 4.78 is 32.0. The molecule has 0 aromatic heterocycles. The molecule has 18 heavy (non-hydrogen) atoms. The summed E-state index contributed by atoms with van der Waals surface area (Å²) in [6.45, 7) is 4.13. The minimum atomic E-state index is -0.658. The molecule has 1 saturated carbocycles. The van der Waals surface area contributed by atoms with Crippen molar-refractivity contribution in [3.8, 4) is 5.75 Å². The third kappa shape index (κ3) is 2.09. The van der Waals surface area contributed by atoms with Gasteiger partial charge < -0.3 is 4.74 Å². The largest absolute Gasteiger partial charge is 0.487 e. The van der Waals surface area contributed by atoms with Crippen molar-refractivity contribution < 1.29 is 13.5 Å². The quantitative estimate of drug-likeness (QED) is 0.733. The molecule has 0 spiro atoms. The fourth-order valence-corrected chi connectivity index (χ4v) is 3.35. The van der Waals surface area contributed by atoms with Gasteiger partial charge in [0.25, 0.3) is 0 Å². The van der Waals surface area contributed by atoms with Crippen LogP contribution >= 0.6 is 11.6 Å². The third-order valence-corrected chi connectivity index (χ3v) is 4.78. The number of hydrogen-bond acceptors (Lipinski definition) is 1. The fourth-order valence-electron chi connectivity index (χ4n) is 2.74. The van der Waals surface area contributed by atoms with Crippen LogP contribution in [0.25, 0.3) is 0 Å². The lowest BCUT2D eigenvalue weighted by Gasteiger charge is -2.52. The summed E-state index contributed by atoms with van der Waals surface area (Å²) >= 11 is 6.26. The SMILES string of the molecule is CCC1(CC)C(Cl)CC1Oc1ccc(F)cc1F. The van der Waals surface area contributed by atoms with Crippen molar-refractivity contribution in [2.75, 3.05) is 0 Å². The van der Waals surface area contributed by atoms with E-state index in [1.54, 1.807) is 0 Å². The maximum atomic E-state index is 13.5. The van der Waals surface area contributed by atoms with Gasteiger partial charge in [0.2, 0.25) is 0 Å². The first-order chi connectivity index (χ1) is 8.53. The van der Waals surface area contributed by atoms with Crippen LogP contribution in [0.15, 0.2) is 18.2 Å². The van der Waals surface area contributed by atoms with Crippen LogP contribution in [-0.4, -0.2) is 11.5 Å². The Balaban J connectivity index is 2.15. The molecule has 100 valence electrons. The van der Waals surface area contributed by atoms with Crippen LogP contribution in [0, 0.1) is 17.0 Å². The van der Waals surface area contributed by atoms with E-state index < -0.39 is 11.6 Å². The summed E-state index contributed by atoms with van der Waals surface area (Å²) in [5, 5.41) is 0.0704. The van der Waals surface area contributed by atoms with Crippen molar-refractivity contribution in [2.45, 2.75) is 44.6 Å². The van der Waals surface area contributed by atoms with Gasteiger partial charge in [0.05, 0.1) is 0 Å². The molecule has 0 bridgehead atoms. The van der Waals surface area contributed by atoms with Gasteiger partial charge in [0.1, 0.15) is 11.9 Å². The predicted molar refractivity (Wildman–Crippen MR) is 68.0 cm³/mol. The molecular weight excluding hydrogens is 258 g/mol. The molecule has 2 rings (SSSR count). The summed E-state index contributed by atoms with van der Waals surface area (Å²) in [7, 11) is 0. The first-order valence-corrected chi connectivity index (χ1v) is 6.73. The second kappa shape index (κ2) is 5.04. The van der Waals surface area contributed by atoms with Gasteiger partial charge in [-0.15, -0.1) is 11.6 Å². The van der Waals surface area contributed by atoms with E-state index in [9.17, 15) is 8.78 Å². The van der Waals surface area contributed by atoms with Crippen molar-refractivity contribution >= 4 is 11.6 Å². The molecule has 2 unspecified atom stereocenters. The number of alkyl halides is 1. The standard InChI is InChI=1S/C14H17ClF2O/c1-3-14(4-2)12(15)8-13(14)18-11-6-5-9(16)7-10(11)17/h5-7,12-13H,3-4,8H2,1-2H3. The van der Waals surface area contributed by atoms with E-state index in [-0.39, 0.29) is 22.6 Å². The monoisotopic (exact) mass is 274 g/mol. The van der Waals surface area contributed by atoms with Crippen molar-refractivity contribution in [3.63, 3.8) is 0 Å². The first-order valence-electron chi connectivity index (χ1n) is 6.29. The van der Waals surface area contributed by atoms with Crippen LogP contribution in [0.1, 0.15) is 33.1 Å². The summed E-state index contributed by atoms with van der Waals surface area (Å²) in [6, 6.07) is 3.38. The zero-order valence-electron chi connectivity index (χ0n) is 10.6. The Kier molecular flexibility index (Phi) is 3.81. The molecule has 0 amide bonds. The van der Waals surface area contributed by atoms with Gasteiger partial charge in [-0.25, -0.2) is 8.78 Å². The molecule has 1 aliphatic carbocycles. The molecule has 0 N–H and O–H groups in total. The molecular formula is C14H17ClF2O. The van der Waals surface area contributed by atoms with E-state index >= 15 is 0 Å². The average Bonchev–Trinajstić information content (AvgIpc) is 2.33. The van der Waals surface area contributed by atoms with E-state index in [2.05, 4.69) is 13.8 Å². The Morgan fingerprint density at radius 3 is 2.50 bits per heavy atom. The highest BCUT2D eigenvalue weighted by Crippen LogP contribution is 2.52. The number of benzene rings is 1. The van der Waals surface area contributed by atoms with Crippen LogP contribution in [-0.2, 0) is 0 Å². The molecule has 1 aromatic carbocycles. The highest BCUT2D eigenvalue weighted by molar-refractivity contribution is 6.21. The van der Waals surface area contributed by atoms with Gasteiger partial charge >= 0.3 is 0 Å². The van der Waals surface area contributed by atoms with Crippen LogP contribution < -0.4 is 4.74 Å². The zero-order valence-corrected chi connectivity index (χ0v) is 11.3. The highest BCUT2D eigenvalue weighted by atomic mass is 35.5. The minimum absolute atomic E-state index is 0.0704. The number of ether oxygens (including phenoxy) is 1. The van der Waals surface area contributed by atoms with Crippen molar-refractivity contribution in [1.82, 2.24) is 0 Å². The summed E-state index contributed by atoms with van der Waals surface area (Å²) in [4.78, 5) is 0. The van der Waals surface area contributed by atoms with Crippen LogP contribution in [0.2, 0.25) is 0 Å². The summed E-state index contributed by atoms with van der Waals surface area (Å²) in [5.74, 6) is -1.15. The lowest BCUT2D eigenvalue weighted by Crippen LogP contribution is -2.56. The molecule has 0 aliphatic heterocycles. The lowest BCUT2D eigenvalue weighted by molar-refractivity contribution is -0.0480. The summed E-state index contributed by atoms with van der Waals surface area (Å²) in [5.41, 5.74) is -0.0949. The molecule has 0 heterocycles. The molecule has 1 aliphatic rings. The molecule has 1 aromatic rings. The van der Waals surface area contributed by atoms with Gasteiger partial charge in [-0.2, -0.15) is 0 Å². The number of hydrogen-bond donors (Lipinski definition) is 0. The minimum Gasteiger partial charge on any atom is -0.487 e. The topological polar surface area (TPSA) is 9.23 Å². The molecule has 0 radical (unpaired) electrons. The zero-order chi connectivity index (χ0) is 13.3. The Labute approximate surface area is 111 Å². The van der Waals surface area contributed by atoms with Crippen LogP contribution in [0.4, 0.5) is 8.78 Å². The maximum Gasteiger partial charge on any atom is 0.167 e. The lowest BCUT2D eigenvalue weighted by atomic mass is 9.62. The van der Waals surface area contributed by atoms with E-state index in [1.165, 1.54) is 12.1 Å². The highest BCUT2D eigenvalue weighted by Gasteiger charge is 2.53. The number of halogens is 3. The maximum absolute atomic E-state index is 13.5. The normalized spacial score (nSPS) is 25.6. The van der Waals surface area contributed by atoms with Gasteiger partial charge in [0, 0.05) is 23.3 Å². The number of rotatable bonds is 4. The van der Waals surface area contributed by atoms with E-state index in [1.807, 2.05) is 0 Å². The van der Waals surface area contributed by atoms with Gasteiger partial charge in [-0.3, -0.25) is 0 Å². The van der Waals surface area contributed by atoms with Crippen LogP contribution in [0.5, 0.6) is 5.75 Å². The van der Waals surface area contributed by atoms with Gasteiger partial charge in [0.15, 0.2) is 11.6 Å². The predicted octanol–water partition coefficient (Wildman–Crippen LogP) is 4.53. The Hall–Kier alpha value is -0.830. The van der Waals surface area contributed by atoms with Gasteiger partial charge in [-0.1, -0.05) is 13.8 Å². The van der Waals surface area contributed by atoms with E-state index in [4.69, 9.17) is 16.3 Å². The van der Waals surface area contributed by atoms with Crippen molar-refractivity contribution in [1.29, 1.82) is 0 Å². The van der Waals surface area contributed by atoms with E-state index in [0.717, 1.165) is 18.9 Å². The second-order valence-electron chi connectivity index (χ2n) is 4.82.